The summed E-state index contributed by atoms with van der Waals surface area (Å²) in [6.45, 7) is 1.61. The van der Waals surface area contributed by atoms with Crippen molar-refractivity contribution >= 4 is 27.4 Å². The predicted octanol–water partition coefficient (Wildman–Crippen LogP) is 1.44. The molecule has 2 aromatic rings. The standard InChI is InChI=1S/C18H19N3O7S/c19-29(25,26)14-5-6-17(20-7-9-27-10-8-20)15(11-14)18(22)28-12-13-3-1-2-4-16(13)21(23)24/h1-6,11H,7-10,12H2,(H2,19,25,26). The first kappa shape index (κ1) is 20.7. The minimum atomic E-state index is -4.03. The van der Waals surface area contributed by atoms with E-state index in [2.05, 4.69) is 0 Å². The minimum Gasteiger partial charge on any atom is -0.457 e. The van der Waals surface area contributed by atoms with Crippen LogP contribution in [0.3, 0.4) is 0 Å². The molecule has 1 fully saturated rings. The molecule has 11 heteroatoms. The second-order valence-electron chi connectivity index (χ2n) is 6.29. The van der Waals surface area contributed by atoms with Gasteiger partial charge in [0.2, 0.25) is 10.0 Å². The van der Waals surface area contributed by atoms with E-state index in [-0.39, 0.29) is 28.3 Å². The maximum absolute atomic E-state index is 12.8. The smallest absolute Gasteiger partial charge is 0.340 e. The van der Waals surface area contributed by atoms with E-state index in [1.54, 1.807) is 6.07 Å². The van der Waals surface area contributed by atoms with Crippen molar-refractivity contribution in [3.8, 4) is 0 Å². The summed E-state index contributed by atoms with van der Waals surface area (Å²) in [7, 11) is -4.03. The number of carbonyl (C=O) groups excluding carboxylic acids is 1. The first-order valence-electron chi connectivity index (χ1n) is 8.66. The number of ether oxygens (including phenoxy) is 2. The van der Waals surface area contributed by atoms with Crippen molar-refractivity contribution in [3.05, 3.63) is 63.7 Å². The van der Waals surface area contributed by atoms with Crippen LogP contribution in [0.25, 0.3) is 0 Å². The number of nitro groups is 1. The van der Waals surface area contributed by atoms with Gasteiger partial charge in [0, 0.05) is 19.2 Å². The van der Waals surface area contributed by atoms with Crippen molar-refractivity contribution in [2.45, 2.75) is 11.5 Å². The number of hydrogen-bond acceptors (Lipinski definition) is 8. The number of primary sulfonamides is 1. The first-order valence-corrected chi connectivity index (χ1v) is 10.2. The average molecular weight is 421 g/mol. The number of nitrogens with zero attached hydrogens (tertiary/aromatic N) is 2. The normalized spacial score (nSPS) is 14.4. The number of anilines is 1. The number of sulfonamides is 1. The number of para-hydroxylation sites is 1. The van der Waals surface area contributed by atoms with Crippen LogP contribution in [-0.2, 0) is 26.1 Å². The Morgan fingerprint density at radius 2 is 1.90 bits per heavy atom. The molecule has 0 saturated carbocycles. The van der Waals surface area contributed by atoms with Crippen LogP contribution in [0.2, 0.25) is 0 Å². The van der Waals surface area contributed by atoms with Gasteiger partial charge in [-0.2, -0.15) is 0 Å². The van der Waals surface area contributed by atoms with Gasteiger partial charge in [-0.05, 0) is 24.3 Å². The lowest BCUT2D eigenvalue weighted by atomic mass is 10.1. The lowest BCUT2D eigenvalue weighted by Crippen LogP contribution is -2.37. The van der Waals surface area contributed by atoms with E-state index in [1.165, 1.54) is 30.3 Å². The Balaban J connectivity index is 1.90. The summed E-state index contributed by atoms with van der Waals surface area (Å²) in [4.78, 5) is 25.0. The number of nitrogens with two attached hydrogens (primary N) is 1. The Hall–Kier alpha value is -3.02. The zero-order valence-corrected chi connectivity index (χ0v) is 16.1. The fourth-order valence-corrected chi connectivity index (χ4v) is 3.51. The van der Waals surface area contributed by atoms with Crippen molar-refractivity contribution < 1.29 is 27.6 Å². The SMILES string of the molecule is NS(=O)(=O)c1ccc(N2CCOCC2)c(C(=O)OCc2ccccc2[N+](=O)[O-])c1. The predicted molar refractivity (Wildman–Crippen MR) is 103 cm³/mol. The van der Waals surface area contributed by atoms with Crippen LogP contribution in [0.5, 0.6) is 0 Å². The van der Waals surface area contributed by atoms with Crippen molar-refractivity contribution in [3.63, 3.8) is 0 Å². The highest BCUT2D eigenvalue weighted by atomic mass is 32.2. The molecule has 1 saturated heterocycles. The van der Waals surface area contributed by atoms with Crippen molar-refractivity contribution in [2.75, 3.05) is 31.2 Å². The largest absolute Gasteiger partial charge is 0.457 e. The highest BCUT2D eigenvalue weighted by Crippen LogP contribution is 2.26. The second-order valence-corrected chi connectivity index (χ2v) is 7.85. The van der Waals surface area contributed by atoms with Gasteiger partial charge in [0.1, 0.15) is 6.61 Å². The van der Waals surface area contributed by atoms with E-state index >= 15 is 0 Å². The maximum Gasteiger partial charge on any atom is 0.340 e. The quantitative estimate of drug-likeness (QED) is 0.419. The molecule has 0 amide bonds. The molecule has 2 aromatic carbocycles. The summed E-state index contributed by atoms with van der Waals surface area (Å²) in [5, 5.41) is 16.3. The van der Waals surface area contributed by atoms with E-state index in [0.29, 0.717) is 32.0 Å². The molecule has 0 spiro atoms. The zero-order valence-electron chi connectivity index (χ0n) is 15.3. The molecule has 29 heavy (non-hydrogen) atoms. The maximum atomic E-state index is 12.8. The van der Waals surface area contributed by atoms with Gasteiger partial charge in [-0.25, -0.2) is 18.4 Å². The average Bonchev–Trinajstić information content (AvgIpc) is 2.71. The summed E-state index contributed by atoms with van der Waals surface area (Å²) in [5.41, 5.74) is 0.540. The molecular weight excluding hydrogens is 402 g/mol. The van der Waals surface area contributed by atoms with Gasteiger partial charge in [-0.15, -0.1) is 0 Å². The molecule has 3 rings (SSSR count). The Bertz CT molecular complexity index is 1030. The Kier molecular flexibility index (Phi) is 6.11. The fourth-order valence-electron chi connectivity index (χ4n) is 2.97. The van der Waals surface area contributed by atoms with Crippen LogP contribution in [-0.4, -0.2) is 45.6 Å². The lowest BCUT2D eigenvalue weighted by Gasteiger charge is -2.30. The summed E-state index contributed by atoms with van der Waals surface area (Å²) < 4.78 is 34.0. The van der Waals surface area contributed by atoms with Crippen LogP contribution in [0.1, 0.15) is 15.9 Å². The Morgan fingerprint density at radius 1 is 1.21 bits per heavy atom. The van der Waals surface area contributed by atoms with Gasteiger partial charge in [0.15, 0.2) is 0 Å². The van der Waals surface area contributed by atoms with E-state index in [4.69, 9.17) is 14.6 Å². The monoisotopic (exact) mass is 421 g/mol. The highest BCUT2D eigenvalue weighted by molar-refractivity contribution is 7.89. The highest BCUT2D eigenvalue weighted by Gasteiger charge is 2.23. The van der Waals surface area contributed by atoms with Gasteiger partial charge in [-0.3, -0.25) is 10.1 Å². The number of rotatable bonds is 6. The summed E-state index contributed by atoms with van der Waals surface area (Å²) in [6.07, 6.45) is 0. The third-order valence-electron chi connectivity index (χ3n) is 4.42. The molecule has 10 nitrogen and oxygen atoms in total. The van der Waals surface area contributed by atoms with E-state index < -0.39 is 20.9 Å². The lowest BCUT2D eigenvalue weighted by molar-refractivity contribution is -0.385. The summed E-state index contributed by atoms with van der Waals surface area (Å²) in [5.74, 6) is -0.810. The van der Waals surface area contributed by atoms with Crippen LogP contribution < -0.4 is 10.0 Å². The van der Waals surface area contributed by atoms with Crippen LogP contribution in [0, 0.1) is 10.1 Å². The molecule has 0 atom stereocenters. The third kappa shape index (κ3) is 4.88. The molecule has 1 heterocycles. The van der Waals surface area contributed by atoms with Gasteiger partial charge in [0.05, 0.1) is 39.8 Å². The molecule has 154 valence electrons. The molecule has 0 aliphatic carbocycles. The molecule has 1 aliphatic rings. The van der Waals surface area contributed by atoms with Crippen molar-refractivity contribution in [1.82, 2.24) is 0 Å². The number of benzene rings is 2. The molecule has 0 aromatic heterocycles. The molecular formula is C18H19N3O7S. The van der Waals surface area contributed by atoms with Gasteiger partial charge < -0.3 is 14.4 Å². The van der Waals surface area contributed by atoms with Gasteiger partial charge in [0.25, 0.3) is 5.69 Å². The van der Waals surface area contributed by atoms with E-state index in [9.17, 15) is 23.3 Å². The number of esters is 1. The number of hydrogen-bond donors (Lipinski definition) is 1. The molecule has 0 radical (unpaired) electrons. The molecule has 1 aliphatic heterocycles. The minimum absolute atomic E-state index is 0.0111. The molecule has 0 unspecified atom stereocenters. The number of carbonyl (C=O) groups is 1. The topological polar surface area (TPSA) is 142 Å². The molecule has 2 N–H and O–H groups in total. The van der Waals surface area contributed by atoms with Gasteiger partial charge >= 0.3 is 5.97 Å². The summed E-state index contributed by atoms with van der Waals surface area (Å²) >= 11 is 0. The van der Waals surface area contributed by atoms with Crippen LogP contribution in [0.15, 0.2) is 47.4 Å². The number of nitro benzene ring substituents is 1. The fraction of sp³-hybridized carbons (Fsp3) is 0.278. The van der Waals surface area contributed by atoms with Crippen molar-refractivity contribution in [2.24, 2.45) is 5.14 Å². The van der Waals surface area contributed by atoms with Gasteiger partial charge in [-0.1, -0.05) is 12.1 Å². The second kappa shape index (κ2) is 8.55. The number of morpholine rings is 1. The van der Waals surface area contributed by atoms with Crippen LogP contribution >= 0.6 is 0 Å². The third-order valence-corrected chi connectivity index (χ3v) is 5.33. The zero-order chi connectivity index (χ0) is 21.0. The van der Waals surface area contributed by atoms with E-state index in [0.717, 1.165) is 6.07 Å². The Labute approximate surface area is 167 Å². The summed E-state index contributed by atoms with van der Waals surface area (Å²) in [6, 6.07) is 9.86. The Morgan fingerprint density at radius 3 is 2.55 bits per heavy atom. The first-order chi connectivity index (χ1) is 13.8. The van der Waals surface area contributed by atoms with Crippen molar-refractivity contribution in [1.29, 1.82) is 0 Å². The van der Waals surface area contributed by atoms with Crippen LogP contribution in [0.4, 0.5) is 11.4 Å². The molecule has 0 bridgehead atoms. The van der Waals surface area contributed by atoms with E-state index in [1.807, 2.05) is 4.90 Å².